The lowest BCUT2D eigenvalue weighted by Gasteiger charge is -2.27. The molecule has 2 aromatic rings. The van der Waals surface area contributed by atoms with E-state index in [9.17, 15) is 4.79 Å². The fraction of sp³-hybridized carbons (Fsp3) is 0.375. The zero-order valence-electron chi connectivity index (χ0n) is 12.4. The highest BCUT2D eigenvalue weighted by molar-refractivity contribution is 5.92. The predicted octanol–water partition coefficient (Wildman–Crippen LogP) is 1.79. The van der Waals surface area contributed by atoms with E-state index in [4.69, 9.17) is 0 Å². The molecule has 6 nitrogen and oxygen atoms in total. The molecule has 114 valence electrons. The Balaban J connectivity index is 1.64. The first-order chi connectivity index (χ1) is 10.8. The largest absolute Gasteiger partial charge is 0.357 e. The van der Waals surface area contributed by atoms with Gasteiger partial charge in [0.25, 0.3) is 5.91 Å². The van der Waals surface area contributed by atoms with Crippen molar-refractivity contribution >= 4 is 11.7 Å². The SMILES string of the molecule is O=C(NCc1cccnc1)c1cc(N2CCCCC2)ncn1. The lowest BCUT2D eigenvalue weighted by molar-refractivity contribution is 0.0945. The highest BCUT2D eigenvalue weighted by Crippen LogP contribution is 2.17. The minimum Gasteiger partial charge on any atom is -0.357 e. The van der Waals surface area contributed by atoms with Crippen molar-refractivity contribution in [2.45, 2.75) is 25.8 Å². The number of carbonyl (C=O) groups is 1. The quantitative estimate of drug-likeness (QED) is 0.931. The molecule has 6 heteroatoms. The molecule has 0 saturated carbocycles. The van der Waals surface area contributed by atoms with Crippen molar-refractivity contribution in [1.29, 1.82) is 0 Å². The summed E-state index contributed by atoms with van der Waals surface area (Å²) in [5.74, 6) is 0.644. The molecule has 1 amide bonds. The molecular formula is C16H19N5O. The van der Waals surface area contributed by atoms with Crippen LogP contribution in [0.4, 0.5) is 5.82 Å². The first kappa shape index (κ1) is 14.4. The highest BCUT2D eigenvalue weighted by atomic mass is 16.1. The van der Waals surface area contributed by atoms with Crippen molar-refractivity contribution in [3.05, 3.63) is 48.2 Å². The van der Waals surface area contributed by atoms with Gasteiger partial charge in [0.15, 0.2) is 0 Å². The number of hydrogen-bond donors (Lipinski definition) is 1. The van der Waals surface area contributed by atoms with Crippen LogP contribution < -0.4 is 10.2 Å². The third kappa shape index (κ3) is 3.58. The molecule has 1 aliphatic heterocycles. The molecule has 3 heterocycles. The summed E-state index contributed by atoms with van der Waals surface area (Å²) in [6.07, 6.45) is 8.52. The van der Waals surface area contributed by atoms with E-state index in [1.165, 1.54) is 25.6 Å². The monoisotopic (exact) mass is 297 g/mol. The third-order valence-corrected chi connectivity index (χ3v) is 3.74. The van der Waals surface area contributed by atoms with Crippen LogP contribution in [0.3, 0.4) is 0 Å². The maximum atomic E-state index is 12.2. The number of amides is 1. The van der Waals surface area contributed by atoms with Crippen molar-refractivity contribution in [1.82, 2.24) is 20.3 Å². The average Bonchev–Trinajstić information content (AvgIpc) is 2.61. The average molecular weight is 297 g/mol. The molecule has 22 heavy (non-hydrogen) atoms. The van der Waals surface area contributed by atoms with Gasteiger partial charge in [-0.15, -0.1) is 0 Å². The normalized spacial score (nSPS) is 14.6. The van der Waals surface area contributed by atoms with Gasteiger partial charge in [-0.3, -0.25) is 9.78 Å². The number of rotatable bonds is 4. The van der Waals surface area contributed by atoms with Crippen molar-refractivity contribution < 1.29 is 4.79 Å². The van der Waals surface area contributed by atoms with Gasteiger partial charge in [-0.25, -0.2) is 9.97 Å². The number of nitrogens with one attached hydrogen (secondary N) is 1. The van der Waals surface area contributed by atoms with E-state index in [0.29, 0.717) is 12.2 Å². The van der Waals surface area contributed by atoms with E-state index in [1.807, 2.05) is 12.1 Å². The van der Waals surface area contributed by atoms with Crippen LogP contribution in [0.25, 0.3) is 0 Å². The number of nitrogens with zero attached hydrogens (tertiary/aromatic N) is 4. The molecule has 2 aromatic heterocycles. The predicted molar refractivity (Wildman–Crippen MR) is 83.5 cm³/mol. The van der Waals surface area contributed by atoms with Crippen LogP contribution in [-0.4, -0.2) is 33.9 Å². The van der Waals surface area contributed by atoms with Crippen LogP contribution in [0, 0.1) is 0 Å². The summed E-state index contributed by atoms with van der Waals surface area (Å²) < 4.78 is 0. The molecule has 0 radical (unpaired) electrons. The minimum atomic E-state index is -0.190. The second-order valence-corrected chi connectivity index (χ2v) is 5.35. The number of aromatic nitrogens is 3. The Morgan fingerprint density at radius 2 is 2.09 bits per heavy atom. The highest BCUT2D eigenvalue weighted by Gasteiger charge is 2.15. The van der Waals surface area contributed by atoms with Crippen LogP contribution in [-0.2, 0) is 6.54 Å². The molecule has 0 aliphatic carbocycles. The Kier molecular flexibility index (Phi) is 4.58. The van der Waals surface area contributed by atoms with Crippen LogP contribution in [0.1, 0.15) is 35.3 Å². The van der Waals surface area contributed by atoms with Gasteiger partial charge in [0.2, 0.25) is 0 Å². The smallest absolute Gasteiger partial charge is 0.270 e. The van der Waals surface area contributed by atoms with Gasteiger partial charge < -0.3 is 10.2 Å². The maximum Gasteiger partial charge on any atom is 0.270 e. The van der Waals surface area contributed by atoms with Gasteiger partial charge in [-0.2, -0.15) is 0 Å². The van der Waals surface area contributed by atoms with Gasteiger partial charge in [-0.1, -0.05) is 6.07 Å². The van der Waals surface area contributed by atoms with E-state index >= 15 is 0 Å². The van der Waals surface area contributed by atoms with Gasteiger partial charge in [0, 0.05) is 38.1 Å². The number of carbonyl (C=O) groups excluding carboxylic acids is 1. The van der Waals surface area contributed by atoms with Crippen molar-refractivity contribution in [3.63, 3.8) is 0 Å². The number of pyridine rings is 1. The topological polar surface area (TPSA) is 71.0 Å². The van der Waals surface area contributed by atoms with Crippen LogP contribution >= 0.6 is 0 Å². The molecule has 1 N–H and O–H groups in total. The van der Waals surface area contributed by atoms with Crippen molar-refractivity contribution in [3.8, 4) is 0 Å². The molecule has 0 bridgehead atoms. The molecule has 1 aliphatic rings. The first-order valence-corrected chi connectivity index (χ1v) is 7.57. The minimum absolute atomic E-state index is 0.190. The van der Waals surface area contributed by atoms with Gasteiger partial charge in [0.1, 0.15) is 17.8 Å². The van der Waals surface area contributed by atoms with Gasteiger partial charge in [-0.05, 0) is 30.9 Å². The second-order valence-electron chi connectivity index (χ2n) is 5.35. The van der Waals surface area contributed by atoms with Crippen LogP contribution in [0.5, 0.6) is 0 Å². The molecular weight excluding hydrogens is 278 g/mol. The van der Waals surface area contributed by atoms with E-state index < -0.39 is 0 Å². The summed E-state index contributed by atoms with van der Waals surface area (Å²) in [5, 5.41) is 2.86. The Morgan fingerprint density at radius 3 is 2.86 bits per heavy atom. The second kappa shape index (κ2) is 6.98. The third-order valence-electron chi connectivity index (χ3n) is 3.74. The lowest BCUT2D eigenvalue weighted by atomic mass is 10.1. The summed E-state index contributed by atoms with van der Waals surface area (Å²) in [6.45, 7) is 2.43. The summed E-state index contributed by atoms with van der Waals surface area (Å²) in [4.78, 5) is 26.8. The Morgan fingerprint density at radius 1 is 1.23 bits per heavy atom. The van der Waals surface area contributed by atoms with Gasteiger partial charge >= 0.3 is 0 Å². The zero-order chi connectivity index (χ0) is 15.2. The number of hydrogen-bond acceptors (Lipinski definition) is 5. The molecule has 3 rings (SSSR count). The molecule has 0 unspecified atom stereocenters. The molecule has 0 spiro atoms. The lowest BCUT2D eigenvalue weighted by Crippen LogP contribution is -2.31. The molecule has 1 fully saturated rings. The van der Waals surface area contributed by atoms with E-state index in [1.54, 1.807) is 18.5 Å². The van der Waals surface area contributed by atoms with E-state index in [2.05, 4.69) is 25.2 Å². The standard InChI is InChI=1S/C16H19N5O/c22-16(18-11-13-5-4-6-17-10-13)14-9-15(20-12-19-14)21-7-2-1-3-8-21/h4-6,9-10,12H,1-3,7-8,11H2,(H,18,22). The van der Waals surface area contributed by atoms with Crippen molar-refractivity contribution in [2.75, 3.05) is 18.0 Å². The maximum absolute atomic E-state index is 12.2. The van der Waals surface area contributed by atoms with Crippen molar-refractivity contribution in [2.24, 2.45) is 0 Å². The Hall–Kier alpha value is -2.50. The summed E-state index contributed by atoms with van der Waals surface area (Å²) in [7, 11) is 0. The summed E-state index contributed by atoms with van der Waals surface area (Å²) in [6, 6.07) is 5.54. The zero-order valence-corrected chi connectivity index (χ0v) is 12.4. The van der Waals surface area contributed by atoms with Crippen LogP contribution in [0.15, 0.2) is 36.9 Å². The fourth-order valence-electron chi connectivity index (χ4n) is 2.54. The first-order valence-electron chi connectivity index (χ1n) is 7.57. The van der Waals surface area contributed by atoms with E-state index in [0.717, 1.165) is 24.5 Å². The molecule has 0 atom stereocenters. The molecule has 1 saturated heterocycles. The van der Waals surface area contributed by atoms with E-state index in [-0.39, 0.29) is 5.91 Å². The molecule has 0 aromatic carbocycles. The summed E-state index contributed by atoms with van der Waals surface area (Å²) >= 11 is 0. The summed E-state index contributed by atoms with van der Waals surface area (Å²) in [5.41, 5.74) is 1.36. The fourth-order valence-corrected chi connectivity index (χ4v) is 2.54. The Bertz CT molecular complexity index is 625. The number of anilines is 1. The van der Waals surface area contributed by atoms with Gasteiger partial charge in [0.05, 0.1) is 0 Å². The van der Waals surface area contributed by atoms with Crippen LogP contribution in [0.2, 0.25) is 0 Å². The Labute approximate surface area is 129 Å². The number of piperidine rings is 1.